The summed E-state index contributed by atoms with van der Waals surface area (Å²) < 4.78 is 24.3. The summed E-state index contributed by atoms with van der Waals surface area (Å²) in [4.78, 5) is 20.4. The van der Waals surface area contributed by atoms with E-state index in [9.17, 15) is 9.18 Å². The van der Waals surface area contributed by atoms with Gasteiger partial charge in [0.1, 0.15) is 5.82 Å². The van der Waals surface area contributed by atoms with Crippen molar-refractivity contribution >= 4 is 23.4 Å². The van der Waals surface area contributed by atoms with Crippen molar-refractivity contribution in [2.45, 2.75) is 18.8 Å². The number of carbonyl (C=O) groups is 1. The molecule has 0 atom stereocenters. The molecule has 1 saturated carbocycles. The Morgan fingerprint density at radius 2 is 2.04 bits per heavy atom. The summed E-state index contributed by atoms with van der Waals surface area (Å²) in [7, 11) is 2.56. The highest BCUT2D eigenvalue weighted by Gasteiger charge is 2.33. The molecule has 1 aliphatic carbocycles. The highest BCUT2D eigenvalue weighted by atomic mass is 35.5. The minimum atomic E-state index is -0.723. The van der Waals surface area contributed by atoms with Crippen LogP contribution in [0.3, 0.4) is 0 Å². The maximum absolute atomic E-state index is 14.6. The van der Waals surface area contributed by atoms with Gasteiger partial charge in [-0.15, -0.1) is 0 Å². The predicted octanol–water partition coefficient (Wildman–Crippen LogP) is 3.19. The highest BCUT2D eigenvalue weighted by Crippen LogP contribution is 2.44. The van der Waals surface area contributed by atoms with Crippen LogP contribution in [-0.4, -0.2) is 30.2 Å². The molecule has 2 aromatic rings. The largest absolute Gasteiger partial charge is 0.492 e. The second-order valence-electron chi connectivity index (χ2n) is 5.40. The number of anilines is 1. The smallest absolute Gasteiger partial charge is 0.357 e. The van der Waals surface area contributed by atoms with Gasteiger partial charge in [-0.1, -0.05) is 11.6 Å². The molecule has 0 bridgehead atoms. The van der Waals surface area contributed by atoms with E-state index in [0.717, 1.165) is 12.8 Å². The van der Waals surface area contributed by atoms with E-state index in [4.69, 9.17) is 26.8 Å². The molecule has 0 amide bonds. The van der Waals surface area contributed by atoms with Crippen molar-refractivity contribution in [1.29, 1.82) is 0 Å². The van der Waals surface area contributed by atoms with Gasteiger partial charge in [0.2, 0.25) is 0 Å². The van der Waals surface area contributed by atoms with Gasteiger partial charge in [0, 0.05) is 5.56 Å². The van der Waals surface area contributed by atoms with E-state index in [1.54, 1.807) is 0 Å². The molecule has 1 aromatic carbocycles. The van der Waals surface area contributed by atoms with Crippen molar-refractivity contribution in [2.75, 3.05) is 20.0 Å². The molecule has 0 unspecified atom stereocenters. The van der Waals surface area contributed by atoms with Crippen LogP contribution in [0.25, 0.3) is 11.4 Å². The first-order valence-electron chi connectivity index (χ1n) is 7.26. The summed E-state index contributed by atoms with van der Waals surface area (Å²) in [5.41, 5.74) is 6.67. The van der Waals surface area contributed by atoms with Crippen LogP contribution in [0.4, 0.5) is 10.2 Å². The molecule has 1 fully saturated rings. The van der Waals surface area contributed by atoms with Crippen molar-refractivity contribution in [3.05, 3.63) is 34.2 Å². The molecule has 1 aliphatic rings. The normalized spacial score (nSPS) is 13.7. The zero-order chi connectivity index (χ0) is 17.4. The fourth-order valence-corrected chi connectivity index (χ4v) is 2.75. The number of nitrogens with zero attached hydrogens (tertiary/aromatic N) is 2. The number of hydrogen-bond acceptors (Lipinski definition) is 6. The van der Waals surface area contributed by atoms with E-state index in [1.807, 2.05) is 0 Å². The van der Waals surface area contributed by atoms with Crippen LogP contribution in [0, 0.1) is 5.82 Å². The average molecular weight is 352 g/mol. The van der Waals surface area contributed by atoms with Gasteiger partial charge in [-0.25, -0.2) is 19.2 Å². The summed E-state index contributed by atoms with van der Waals surface area (Å²) in [6, 6.07) is 2.87. The Hall–Kier alpha value is -2.41. The third-order valence-electron chi connectivity index (χ3n) is 3.83. The lowest BCUT2D eigenvalue weighted by molar-refractivity contribution is 0.0592. The molecule has 0 saturated heterocycles. The number of methoxy groups -OCH3 is 2. The molecule has 0 aliphatic heterocycles. The Morgan fingerprint density at radius 1 is 1.33 bits per heavy atom. The standard InChI is InChI=1S/C16H15ClFN3O3/c1-23-13-9(17)6-5-8(11(13)18)15-20-12(16(22)24-2)10(7-3-4-7)14(19)21-15/h5-7H,3-4H2,1-2H3,(H2,19,20,21). The molecular weight excluding hydrogens is 337 g/mol. The van der Waals surface area contributed by atoms with E-state index in [1.165, 1.54) is 26.4 Å². The fourth-order valence-electron chi connectivity index (χ4n) is 2.53. The molecule has 6 nitrogen and oxygen atoms in total. The molecule has 1 heterocycles. The summed E-state index contributed by atoms with van der Waals surface area (Å²) in [5, 5.41) is 0.120. The fraction of sp³-hybridized carbons (Fsp3) is 0.312. The van der Waals surface area contributed by atoms with Crippen LogP contribution >= 0.6 is 11.6 Å². The van der Waals surface area contributed by atoms with E-state index in [-0.39, 0.29) is 39.6 Å². The zero-order valence-corrected chi connectivity index (χ0v) is 13.9. The number of rotatable bonds is 4. The van der Waals surface area contributed by atoms with E-state index >= 15 is 0 Å². The SMILES string of the molecule is COC(=O)c1nc(-c2ccc(Cl)c(OC)c2F)nc(N)c1C1CC1. The Morgan fingerprint density at radius 3 is 2.62 bits per heavy atom. The first-order valence-corrected chi connectivity index (χ1v) is 7.63. The molecule has 126 valence electrons. The second kappa shape index (κ2) is 6.24. The second-order valence-corrected chi connectivity index (χ2v) is 5.81. The van der Waals surface area contributed by atoms with Gasteiger partial charge in [0.05, 0.1) is 24.8 Å². The molecule has 1 aromatic heterocycles. The van der Waals surface area contributed by atoms with Crippen molar-refractivity contribution in [1.82, 2.24) is 9.97 Å². The van der Waals surface area contributed by atoms with E-state index < -0.39 is 11.8 Å². The van der Waals surface area contributed by atoms with Crippen molar-refractivity contribution in [3.8, 4) is 17.1 Å². The van der Waals surface area contributed by atoms with Gasteiger partial charge in [0.15, 0.2) is 23.1 Å². The molecule has 0 radical (unpaired) electrons. The maximum Gasteiger partial charge on any atom is 0.357 e. The van der Waals surface area contributed by atoms with Crippen molar-refractivity contribution < 1.29 is 18.7 Å². The van der Waals surface area contributed by atoms with Crippen molar-refractivity contribution in [2.24, 2.45) is 0 Å². The van der Waals surface area contributed by atoms with Crippen LogP contribution < -0.4 is 10.5 Å². The lowest BCUT2D eigenvalue weighted by Crippen LogP contribution is -2.13. The molecule has 2 N–H and O–H groups in total. The van der Waals surface area contributed by atoms with Gasteiger partial charge in [-0.3, -0.25) is 0 Å². The van der Waals surface area contributed by atoms with Gasteiger partial charge in [-0.2, -0.15) is 0 Å². The van der Waals surface area contributed by atoms with Gasteiger partial charge in [-0.05, 0) is 30.9 Å². The number of ether oxygens (including phenoxy) is 2. The molecule has 3 rings (SSSR count). The van der Waals surface area contributed by atoms with Gasteiger partial charge >= 0.3 is 5.97 Å². The monoisotopic (exact) mass is 351 g/mol. The first-order chi connectivity index (χ1) is 11.5. The number of carbonyl (C=O) groups excluding carboxylic acids is 1. The van der Waals surface area contributed by atoms with Crippen LogP contribution in [0.1, 0.15) is 34.8 Å². The lowest BCUT2D eigenvalue weighted by atomic mass is 10.1. The Kier molecular flexibility index (Phi) is 4.28. The van der Waals surface area contributed by atoms with E-state index in [0.29, 0.717) is 5.56 Å². The van der Waals surface area contributed by atoms with Crippen molar-refractivity contribution in [3.63, 3.8) is 0 Å². The highest BCUT2D eigenvalue weighted by molar-refractivity contribution is 6.32. The Balaban J connectivity index is 2.19. The summed E-state index contributed by atoms with van der Waals surface area (Å²) in [6.45, 7) is 0. The molecule has 8 heteroatoms. The predicted molar refractivity (Wildman–Crippen MR) is 86.7 cm³/mol. The number of aromatic nitrogens is 2. The van der Waals surface area contributed by atoms with Crippen LogP contribution in [0.5, 0.6) is 5.75 Å². The summed E-state index contributed by atoms with van der Waals surface area (Å²) in [5.74, 6) is -1.21. The number of benzene rings is 1. The first kappa shape index (κ1) is 16.4. The molecular formula is C16H15ClFN3O3. The van der Waals surface area contributed by atoms with Crippen LogP contribution in [0.2, 0.25) is 5.02 Å². The zero-order valence-electron chi connectivity index (χ0n) is 13.1. The van der Waals surface area contributed by atoms with Crippen LogP contribution in [-0.2, 0) is 4.74 Å². The minimum absolute atomic E-state index is 0.0234. The topological polar surface area (TPSA) is 87.3 Å². The van der Waals surface area contributed by atoms with Gasteiger partial charge < -0.3 is 15.2 Å². The average Bonchev–Trinajstić information content (AvgIpc) is 3.38. The Labute approximate surface area is 142 Å². The lowest BCUT2D eigenvalue weighted by Gasteiger charge is -2.13. The maximum atomic E-state index is 14.6. The molecule has 24 heavy (non-hydrogen) atoms. The molecule has 0 spiro atoms. The number of halogens is 2. The summed E-state index contributed by atoms with van der Waals surface area (Å²) in [6.07, 6.45) is 1.81. The number of nitrogen functional groups attached to an aromatic ring is 1. The Bertz CT molecular complexity index is 825. The third-order valence-corrected chi connectivity index (χ3v) is 4.13. The number of nitrogens with two attached hydrogens (primary N) is 1. The number of esters is 1. The third kappa shape index (κ3) is 2.75. The quantitative estimate of drug-likeness (QED) is 0.851. The minimum Gasteiger partial charge on any atom is -0.492 e. The van der Waals surface area contributed by atoms with Crippen LogP contribution in [0.15, 0.2) is 12.1 Å². The number of hydrogen-bond donors (Lipinski definition) is 1. The van der Waals surface area contributed by atoms with E-state index in [2.05, 4.69) is 9.97 Å². The van der Waals surface area contributed by atoms with Gasteiger partial charge in [0.25, 0.3) is 0 Å². The summed E-state index contributed by atoms with van der Waals surface area (Å²) >= 11 is 5.89.